The first kappa shape index (κ1) is 17.0. The van der Waals surface area contributed by atoms with Crippen LogP contribution in [-0.4, -0.2) is 17.6 Å². The topological polar surface area (TPSA) is 72.2 Å². The van der Waals surface area contributed by atoms with Gasteiger partial charge >= 0.3 is 0 Å². The smallest absolute Gasteiger partial charge is 0.228 e. The zero-order valence-corrected chi connectivity index (χ0v) is 14.4. The molecule has 0 atom stereocenters. The van der Waals surface area contributed by atoms with Crippen molar-refractivity contribution < 1.29 is 9.59 Å². The number of nitrogens with two attached hydrogens (primary N) is 1. The maximum atomic E-state index is 12.5. The fraction of sp³-hybridized carbons (Fsp3) is 0.100. The lowest BCUT2D eigenvalue weighted by Crippen LogP contribution is -2.16. The second-order valence-corrected chi connectivity index (χ2v) is 6.63. The molecule has 5 heteroatoms. The molecule has 0 fully saturated rings. The van der Waals surface area contributed by atoms with E-state index in [1.54, 1.807) is 0 Å². The Morgan fingerprint density at radius 3 is 2.48 bits per heavy atom. The van der Waals surface area contributed by atoms with Gasteiger partial charge in [0.1, 0.15) is 0 Å². The third kappa shape index (κ3) is 4.39. The molecule has 126 valence electrons. The average Bonchev–Trinajstić information content (AvgIpc) is 2.61. The van der Waals surface area contributed by atoms with Crippen molar-refractivity contribution in [2.24, 2.45) is 5.73 Å². The number of hydrogen-bond acceptors (Lipinski definition) is 3. The number of carbonyl (C=O) groups is 2. The van der Waals surface area contributed by atoms with Crippen LogP contribution in [0.3, 0.4) is 0 Å². The highest BCUT2D eigenvalue weighted by atomic mass is 32.2. The predicted molar refractivity (Wildman–Crippen MR) is 103 cm³/mol. The fourth-order valence-electron chi connectivity index (χ4n) is 2.66. The summed E-state index contributed by atoms with van der Waals surface area (Å²) in [6.45, 7) is 0. The highest BCUT2D eigenvalue weighted by molar-refractivity contribution is 8.00. The Balaban J connectivity index is 1.76. The van der Waals surface area contributed by atoms with E-state index in [1.807, 2.05) is 66.7 Å². The Bertz CT molecular complexity index is 919. The van der Waals surface area contributed by atoms with Crippen LogP contribution in [0.15, 0.2) is 71.6 Å². The van der Waals surface area contributed by atoms with E-state index < -0.39 is 0 Å². The zero-order chi connectivity index (χ0) is 17.6. The minimum atomic E-state index is -0.387. The van der Waals surface area contributed by atoms with Crippen molar-refractivity contribution in [1.29, 1.82) is 0 Å². The van der Waals surface area contributed by atoms with Crippen LogP contribution in [0.2, 0.25) is 0 Å². The summed E-state index contributed by atoms with van der Waals surface area (Å²) in [6, 6.07) is 21.4. The average molecular weight is 350 g/mol. The molecule has 0 radical (unpaired) electrons. The predicted octanol–water partition coefficient (Wildman–Crippen LogP) is 3.60. The van der Waals surface area contributed by atoms with Crippen molar-refractivity contribution >= 4 is 40.0 Å². The lowest BCUT2D eigenvalue weighted by atomic mass is 10.0. The lowest BCUT2D eigenvalue weighted by Gasteiger charge is -2.11. The summed E-state index contributed by atoms with van der Waals surface area (Å²) in [5.74, 6) is -0.304. The molecule has 0 aromatic heterocycles. The Kier molecular flexibility index (Phi) is 5.36. The van der Waals surface area contributed by atoms with E-state index in [2.05, 4.69) is 5.32 Å². The second kappa shape index (κ2) is 7.85. The highest BCUT2D eigenvalue weighted by Crippen LogP contribution is 2.27. The molecule has 0 saturated carbocycles. The number of benzene rings is 3. The Labute approximate surface area is 150 Å². The molecule has 0 aliphatic carbocycles. The van der Waals surface area contributed by atoms with Crippen molar-refractivity contribution in [2.45, 2.75) is 11.3 Å². The van der Waals surface area contributed by atoms with Gasteiger partial charge in [-0.15, -0.1) is 11.8 Å². The van der Waals surface area contributed by atoms with Gasteiger partial charge in [0.05, 0.1) is 17.9 Å². The van der Waals surface area contributed by atoms with Crippen LogP contribution in [0.4, 0.5) is 5.69 Å². The van der Waals surface area contributed by atoms with Gasteiger partial charge in [-0.05, 0) is 28.5 Å². The molecular formula is C20H18N2O2S. The number of anilines is 1. The minimum Gasteiger partial charge on any atom is -0.369 e. The summed E-state index contributed by atoms with van der Waals surface area (Å²) < 4.78 is 0. The molecule has 0 unspecified atom stereocenters. The summed E-state index contributed by atoms with van der Waals surface area (Å²) >= 11 is 1.32. The molecule has 3 aromatic carbocycles. The number of hydrogen-bond donors (Lipinski definition) is 2. The first-order chi connectivity index (χ1) is 12.1. The third-order valence-electron chi connectivity index (χ3n) is 3.76. The van der Waals surface area contributed by atoms with Crippen molar-refractivity contribution in [3.63, 3.8) is 0 Å². The number of fused-ring (bicyclic) bond motifs is 1. The number of rotatable bonds is 6. The van der Waals surface area contributed by atoms with Crippen LogP contribution in [0.25, 0.3) is 10.8 Å². The number of thioether (sulfide) groups is 1. The summed E-state index contributed by atoms with van der Waals surface area (Å²) in [6.07, 6.45) is 0.288. The van der Waals surface area contributed by atoms with Crippen LogP contribution < -0.4 is 11.1 Å². The molecule has 4 nitrogen and oxygen atoms in total. The summed E-state index contributed by atoms with van der Waals surface area (Å²) in [7, 11) is 0. The van der Waals surface area contributed by atoms with Gasteiger partial charge in [0.25, 0.3) is 0 Å². The van der Waals surface area contributed by atoms with Gasteiger partial charge in [0.15, 0.2) is 0 Å². The molecule has 0 bridgehead atoms. The first-order valence-electron chi connectivity index (χ1n) is 7.90. The third-order valence-corrected chi connectivity index (χ3v) is 4.86. The minimum absolute atomic E-state index is 0.0940. The second-order valence-electron chi connectivity index (χ2n) is 5.61. The van der Waals surface area contributed by atoms with Gasteiger partial charge in [0.2, 0.25) is 11.8 Å². The van der Waals surface area contributed by atoms with Crippen LogP contribution in [0.5, 0.6) is 0 Å². The van der Waals surface area contributed by atoms with Crippen LogP contribution >= 0.6 is 11.8 Å². The molecule has 0 aliphatic heterocycles. The van der Waals surface area contributed by atoms with E-state index in [-0.39, 0.29) is 24.0 Å². The van der Waals surface area contributed by atoms with E-state index in [9.17, 15) is 9.59 Å². The van der Waals surface area contributed by atoms with E-state index in [0.29, 0.717) is 5.69 Å². The number of amides is 2. The van der Waals surface area contributed by atoms with Gasteiger partial charge in [-0.25, -0.2) is 0 Å². The normalized spacial score (nSPS) is 10.6. The standard InChI is InChI=1S/C20H18N2O2S/c21-19(23)13-25-18-11-4-3-10-17(18)22-20(24)12-15-8-5-7-14-6-1-2-9-16(14)15/h1-11H,12-13H2,(H2,21,23)(H,22,24). The number of primary amides is 1. The Morgan fingerprint density at radius 1 is 0.920 bits per heavy atom. The van der Waals surface area contributed by atoms with Crippen LogP contribution in [-0.2, 0) is 16.0 Å². The maximum absolute atomic E-state index is 12.5. The summed E-state index contributed by atoms with van der Waals surface area (Å²) in [4.78, 5) is 24.3. The molecule has 25 heavy (non-hydrogen) atoms. The molecule has 0 saturated heterocycles. The maximum Gasteiger partial charge on any atom is 0.228 e. The lowest BCUT2D eigenvalue weighted by molar-refractivity contribution is -0.116. The summed E-state index contributed by atoms with van der Waals surface area (Å²) in [5, 5.41) is 5.13. The Hall–Kier alpha value is -2.79. The highest BCUT2D eigenvalue weighted by Gasteiger charge is 2.10. The molecular weight excluding hydrogens is 332 g/mol. The number of nitrogens with one attached hydrogen (secondary N) is 1. The zero-order valence-electron chi connectivity index (χ0n) is 13.6. The fourth-order valence-corrected chi connectivity index (χ4v) is 3.41. The van der Waals surface area contributed by atoms with Gasteiger partial charge in [0, 0.05) is 4.90 Å². The van der Waals surface area contributed by atoms with Gasteiger partial charge in [-0.2, -0.15) is 0 Å². The van der Waals surface area contributed by atoms with Crippen molar-refractivity contribution in [3.05, 3.63) is 72.3 Å². The number of para-hydroxylation sites is 1. The van der Waals surface area contributed by atoms with Crippen molar-refractivity contribution in [1.82, 2.24) is 0 Å². The molecule has 0 aliphatic rings. The van der Waals surface area contributed by atoms with Crippen LogP contribution in [0.1, 0.15) is 5.56 Å². The van der Waals surface area contributed by atoms with E-state index in [0.717, 1.165) is 21.2 Å². The quantitative estimate of drug-likeness (QED) is 0.667. The molecule has 3 rings (SSSR count). The van der Waals surface area contributed by atoms with Crippen molar-refractivity contribution in [2.75, 3.05) is 11.1 Å². The molecule has 3 aromatic rings. The Morgan fingerprint density at radius 2 is 1.64 bits per heavy atom. The molecule has 0 heterocycles. The molecule has 2 amide bonds. The van der Waals surface area contributed by atoms with E-state index in [1.165, 1.54) is 11.8 Å². The van der Waals surface area contributed by atoms with Crippen molar-refractivity contribution in [3.8, 4) is 0 Å². The molecule has 3 N–H and O–H groups in total. The van der Waals surface area contributed by atoms with Gasteiger partial charge < -0.3 is 11.1 Å². The largest absolute Gasteiger partial charge is 0.369 e. The van der Waals surface area contributed by atoms with Crippen LogP contribution in [0, 0.1) is 0 Å². The van der Waals surface area contributed by atoms with E-state index in [4.69, 9.17) is 5.73 Å². The SMILES string of the molecule is NC(=O)CSc1ccccc1NC(=O)Cc1cccc2ccccc12. The first-order valence-corrected chi connectivity index (χ1v) is 8.88. The van der Waals surface area contributed by atoms with E-state index >= 15 is 0 Å². The summed E-state index contributed by atoms with van der Waals surface area (Å²) in [5.41, 5.74) is 6.88. The van der Waals surface area contributed by atoms with Gasteiger partial charge in [-0.1, -0.05) is 54.6 Å². The monoisotopic (exact) mass is 350 g/mol. The van der Waals surface area contributed by atoms with Gasteiger partial charge in [-0.3, -0.25) is 9.59 Å². The number of carbonyl (C=O) groups excluding carboxylic acids is 2. The molecule has 0 spiro atoms.